The van der Waals surface area contributed by atoms with Gasteiger partial charge in [0.1, 0.15) is 0 Å². The quantitative estimate of drug-likeness (QED) is 0.375. The summed E-state index contributed by atoms with van der Waals surface area (Å²) in [4.78, 5) is 23.2. The number of nitrogens with one attached hydrogen (secondary N) is 1. The van der Waals surface area contributed by atoms with E-state index in [2.05, 4.69) is 45.2 Å². The standard InChI is InChI=1S/C27H33NO3/c1-19(14-15-24-21(3)11-8-16-27(24,4)5)9-6-10-20(2)17-25(29)28-23-13-7-12-22(18-23)26(30)31/h6-7,9-10,12-15,17-18H,8,11,16H2,1-5H3,(H,28,29)(H,30,31). The molecular formula is C27H33NO3. The fourth-order valence-electron chi connectivity index (χ4n) is 3.80. The summed E-state index contributed by atoms with van der Waals surface area (Å²) in [6.45, 7) is 10.8. The third-order valence-corrected chi connectivity index (χ3v) is 5.51. The van der Waals surface area contributed by atoms with Crippen LogP contribution in [-0.4, -0.2) is 17.0 Å². The van der Waals surface area contributed by atoms with E-state index in [4.69, 9.17) is 5.11 Å². The number of carbonyl (C=O) groups excluding carboxylic acids is 1. The molecule has 0 atom stereocenters. The van der Waals surface area contributed by atoms with Crippen molar-refractivity contribution in [1.82, 2.24) is 0 Å². The van der Waals surface area contributed by atoms with Gasteiger partial charge in [0, 0.05) is 11.8 Å². The van der Waals surface area contributed by atoms with Crippen LogP contribution in [0.15, 0.2) is 83.0 Å². The van der Waals surface area contributed by atoms with Gasteiger partial charge in [-0.1, -0.05) is 61.4 Å². The number of benzene rings is 1. The van der Waals surface area contributed by atoms with E-state index in [0.717, 1.165) is 11.1 Å². The van der Waals surface area contributed by atoms with Gasteiger partial charge in [0.05, 0.1) is 5.56 Å². The molecule has 4 nitrogen and oxygen atoms in total. The number of hydrogen-bond acceptors (Lipinski definition) is 2. The summed E-state index contributed by atoms with van der Waals surface area (Å²) in [5.41, 5.74) is 5.67. The van der Waals surface area contributed by atoms with Crippen molar-refractivity contribution in [3.8, 4) is 0 Å². The highest BCUT2D eigenvalue weighted by Gasteiger charge is 2.26. The Hall–Kier alpha value is -3.14. The monoisotopic (exact) mass is 419 g/mol. The molecule has 0 aliphatic heterocycles. The summed E-state index contributed by atoms with van der Waals surface area (Å²) < 4.78 is 0. The molecule has 0 saturated carbocycles. The van der Waals surface area contributed by atoms with Crippen molar-refractivity contribution in [2.24, 2.45) is 5.41 Å². The zero-order valence-corrected chi connectivity index (χ0v) is 19.2. The molecule has 0 radical (unpaired) electrons. The number of allylic oxidation sites excluding steroid dienone is 9. The van der Waals surface area contributed by atoms with Gasteiger partial charge in [-0.05, 0) is 74.8 Å². The van der Waals surface area contributed by atoms with Gasteiger partial charge in [0.15, 0.2) is 0 Å². The van der Waals surface area contributed by atoms with Crippen molar-refractivity contribution >= 4 is 17.6 Å². The van der Waals surface area contributed by atoms with E-state index in [9.17, 15) is 9.59 Å². The first-order valence-corrected chi connectivity index (χ1v) is 10.6. The lowest BCUT2D eigenvalue weighted by Crippen LogP contribution is -2.19. The highest BCUT2D eigenvalue weighted by Crippen LogP contribution is 2.40. The van der Waals surface area contributed by atoms with Crippen LogP contribution in [0.5, 0.6) is 0 Å². The Labute approximate surface area is 185 Å². The normalized spacial score (nSPS) is 17.5. The van der Waals surface area contributed by atoms with Gasteiger partial charge in [0.2, 0.25) is 5.91 Å². The van der Waals surface area contributed by atoms with E-state index >= 15 is 0 Å². The summed E-state index contributed by atoms with van der Waals surface area (Å²) in [5.74, 6) is -1.33. The SMILES string of the molecule is CC(C=CC1=C(C)CCCC1(C)C)=CC=CC(C)=CC(=O)Nc1cccc(C(=O)O)c1. The second-order valence-electron chi connectivity index (χ2n) is 8.80. The Morgan fingerprint density at radius 3 is 2.55 bits per heavy atom. The van der Waals surface area contributed by atoms with Crippen LogP contribution < -0.4 is 5.32 Å². The summed E-state index contributed by atoms with van der Waals surface area (Å²) in [5, 5.41) is 11.7. The summed E-state index contributed by atoms with van der Waals surface area (Å²) in [7, 11) is 0. The molecule has 1 aliphatic rings. The first-order valence-electron chi connectivity index (χ1n) is 10.6. The van der Waals surface area contributed by atoms with Crippen LogP contribution in [0.3, 0.4) is 0 Å². The maximum absolute atomic E-state index is 12.2. The van der Waals surface area contributed by atoms with E-state index in [1.54, 1.807) is 12.1 Å². The molecule has 0 fully saturated rings. The number of carbonyl (C=O) groups is 2. The second kappa shape index (κ2) is 10.8. The zero-order valence-electron chi connectivity index (χ0n) is 19.2. The van der Waals surface area contributed by atoms with E-state index in [1.807, 2.05) is 25.2 Å². The summed E-state index contributed by atoms with van der Waals surface area (Å²) in [6.07, 6.45) is 15.4. The molecule has 0 unspecified atom stereocenters. The number of hydrogen-bond donors (Lipinski definition) is 2. The Balaban J connectivity index is 1.98. The van der Waals surface area contributed by atoms with Gasteiger partial charge in [-0.3, -0.25) is 4.79 Å². The van der Waals surface area contributed by atoms with Crippen molar-refractivity contribution in [3.05, 3.63) is 88.6 Å². The molecule has 1 amide bonds. The van der Waals surface area contributed by atoms with Gasteiger partial charge in [-0.2, -0.15) is 0 Å². The zero-order chi connectivity index (χ0) is 23.0. The largest absolute Gasteiger partial charge is 0.478 e. The molecule has 2 rings (SSSR count). The van der Waals surface area contributed by atoms with E-state index in [0.29, 0.717) is 5.69 Å². The van der Waals surface area contributed by atoms with Crippen LogP contribution in [0.4, 0.5) is 5.69 Å². The molecule has 164 valence electrons. The van der Waals surface area contributed by atoms with E-state index in [-0.39, 0.29) is 16.9 Å². The van der Waals surface area contributed by atoms with Crippen LogP contribution in [0.2, 0.25) is 0 Å². The number of aromatic carboxylic acids is 1. The number of carboxylic acid groups (broad SMARTS) is 1. The van der Waals surface area contributed by atoms with Crippen LogP contribution in [0, 0.1) is 5.41 Å². The minimum Gasteiger partial charge on any atom is -0.478 e. The van der Waals surface area contributed by atoms with Crippen molar-refractivity contribution in [2.75, 3.05) is 5.32 Å². The van der Waals surface area contributed by atoms with Crippen LogP contribution >= 0.6 is 0 Å². The highest BCUT2D eigenvalue weighted by atomic mass is 16.4. The fraction of sp³-hybridized carbons (Fsp3) is 0.333. The van der Waals surface area contributed by atoms with E-state index < -0.39 is 5.97 Å². The predicted molar refractivity (Wildman–Crippen MR) is 128 cm³/mol. The smallest absolute Gasteiger partial charge is 0.335 e. The molecule has 1 aliphatic carbocycles. The Kier molecular flexibility index (Phi) is 8.38. The first kappa shape index (κ1) is 24.1. The second-order valence-corrected chi connectivity index (χ2v) is 8.80. The number of carboxylic acids is 1. The molecule has 1 aromatic rings. The lowest BCUT2D eigenvalue weighted by atomic mass is 9.72. The Morgan fingerprint density at radius 2 is 1.87 bits per heavy atom. The highest BCUT2D eigenvalue weighted by molar-refractivity contribution is 6.00. The molecule has 4 heteroatoms. The van der Waals surface area contributed by atoms with Crippen LogP contribution in [-0.2, 0) is 4.79 Å². The average molecular weight is 420 g/mol. The van der Waals surface area contributed by atoms with Gasteiger partial charge < -0.3 is 10.4 Å². The van der Waals surface area contributed by atoms with Crippen molar-refractivity contribution < 1.29 is 14.7 Å². The summed E-state index contributed by atoms with van der Waals surface area (Å²) in [6, 6.07) is 6.18. The molecule has 0 spiro atoms. The number of rotatable bonds is 7. The lowest BCUT2D eigenvalue weighted by molar-refractivity contribution is -0.111. The Morgan fingerprint density at radius 1 is 1.13 bits per heavy atom. The average Bonchev–Trinajstić information content (AvgIpc) is 2.67. The molecule has 0 heterocycles. The molecular weight excluding hydrogens is 386 g/mol. The summed E-state index contributed by atoms with van der Waals surface area (Å²) >= 11 is 0. The Bertz CT molecular complexity index is 987. The predicted octanol–water partition coefficient (Wildman–Crippen LogP) is 6.85. The first-order chi connectivity index (χ1) is 14.6. The van der Waals surface area contributed by atoms with Gasteiger partial charge >= 0.3 is 5.97 Å². The topological polar surface area (TPSA) is 66.4 Å². The van der Waals surface area contributed by atoms with Gasteiger partial charge in [-0.25, -0.2) is 4.79 Å². The molecule has 0 aromatic heterocycles. The fourth-order valence-corrected chi connectivity index (χ4v) is 3.80. The van der Waals surface area contributed by atoms with E-state index in [1.165, 1.54) is 48.6 Å². The van der Waals surface area contributed by atoms with Crippen molar-refractivity contribution in [1.29, 1.82) is 0 Å². The molecule has 1 aromatic carbocycles. The minimum atomic E-state index is -1.03. The molecule has 0 saturated heterocycles. The van der Waals surface area contributed by atoms with Crippen molar-refractivity contribution in [3.63, 3.8) is 0 Å². The lowest BCUT2D eigenvalue weighted by Gasteiger charge is -2.32. The molecule has 0 bridgehead atoms. The van der Waals surface area contributed by atoms with Gasteiger partial charge in [0.25, 0.3) is 0 Å². The molecule has 2 N–H and O–H groups in total. The number of amides is 1. The number of anilines is 1. The minimum absolute atomic E-state index is 0.134. The van der Waals surface area contributed by atoms with Crippen LogP contribution in [0.25, 0.3) is 0 Å². The molecule has 31 heavy (non-hydrogen) atoms. The third kappa shape index (κ3) is 7.56. The van der Waals surface area contributed by atoms with Crippen molar-refractivity contribution in [2.45, 2.75) is 53.9 Å². The maximum atomic E-state index is 12.2. The third-order valence-electron chi connectivity index (χ3n) is 5.51. The maximum Gasteiger partial charge on any atom is 0.335 e. The van der Waals surface area contributed by atoms with Gasteiger partial charge in [-0.15, -0.1) is 0 Å². The van der Waals surface area contributed by atoms with Crippen LogP contribution in [0.1, 0.15) is 64.2 Å².